The van der Waals surface area contributed by atoms with Crippen molar-refractivity contribution < 1.29 is 36.3 Å². The number of carbonyl (C=O) groups excluding carboxylic acids is 3. The molecule has 6 rings (SSSR count). The molecule has 11 nitrogen and oxygen atoms in total. The number of hydrogen-bond donors (Lipinski definition) is 3. The number of anilines is 2. The zero-order chi connectivity index (χ0) is 34.5. The molecule has 4 heterocycles. The highest BCUT2D eigenvalue weighted by Gasteiger charge is 2.47. The molecule has 4 amide bonds. The van der Waals surface area contributed by atoms with Crippen LogP contribution in [0.5, 0.6) is 0 Å². The fourth-order valence-electron chi connectivity index (χ4n) is 5.69. The maximum atomic E-state index is 14.8. The maximum absolute atomic E-state index is 14.8. The summed E-state index contributed by atoms with van der Waals surface area (Å²) in [5, 5.41) is 7.74. The Morgan fingerprint density at radius 1 is 1.08 bits per heavy atom. The van der Waals surface area contributed by atoms with Crippen LogP contribution in [-0.4, -0.2) is 57.9 Å². The Morgan fingerprint density at radius 3 is 2.56 bits per heavy atom. The first-order valence-electron chi connectivity index (χ1n) is 14.4. The second-order valence-electron chi connectivity index (χ2n) is 11.5. The Kier molecular flexibility index (Phi) is 8.55. The lowest BCUT2D eigenvalue weighted by Crippen LogP contribution is -2.41. The summed E-state index contributed by atoms with van der Waals surface area (Å²) >= 11 is 6.37. The van der Waals surface area contributed by atoms with E-state index in [9.17, 15) is 36.3 Å². The monoisotopic (exact) mass is 688 g/mol. The molecule has 0 saturated heterocycles. The average Bonchev–Trinajstić information content (AvgIpc) is 3.50. The SMILES string of the molecule is CN(C)Cc1cncc(CNC(=O)c2nc(NC(=O)N3CC(F)(F)c4cc(F)c(F)cc43)c3n2CC(=O)N[C@H]3c2cc(F)ccc2Cl)c1. The highest BCUT2D eigenvalue weighted by atomic mass is 35.5. The number of aromatic nitrogens is 3. The minimum atomic E-state index is -3.72. The van der Waals surface area contributed by atoms with Gasteiger partial charge in [-0.2, -0.15) is 8.78 Å². The van der Waals surface area contributed by atoms with Crippen molar-refractivity contribution in [2.45, 2.75) is 31.6 Å². The molecule has 2 aliphatic rings. The van der Waals surface area contributed by atoms with Gasteiger partial charge in [0.05, 0.1) is 24.0 Å². The Labute approximate surface area is 274 Å². The van der Waals surface area contributed by atoms with E-state index < -0.39 is 71.6 Å². The third kappa shape index (κ3) is 6.27. The first kappa shape index (κ1) is 32.8. The number of pyridine rings is 1. The van der Waals surface area contributed by atoms with Crippen molar-refractivity contribution >= 4 is 41.0 Å². The van der Waals surface area contributed by atoms with Gasteiger partial charge in [0.1, 0.15) is 12.4 Å². The van der Waals surface area contributed by atoms with Gasteiger partial charge in [-0.25, -0.2) is 22.9 Å². The van der Waals surface area contributed by atoms with Gasteiger partial charge in [-0.15, -0.1) is 0 Å². The van der Waals surface area contributed by atoms with E-state index in [0.29, 0.717) is 29.1 Å². The summed E-state index contributed by atoms with van der Waals surface area (Å²) < 4.78 is 73.1. The average molecular weight is 689 g/mol. The highest BCUT2D eigenvalue weighted by molar-refractivity contribution is 6.31. The van der Waals surface area contributed by atoms with Crippen molar-refractivity contribution in [3.8, 4) is 0 Å². The van der Waals surface area contributed by atoms with E-state index in [4.69, 9.17) is 11.6 Å². The fraction of sp³-hybridized carbons (Fsp3) is 0.258. The highest BCUT2D eigenvalue weighted by Crippen LogP contribution is 2.44. The van der Waals surface area contributed by atoms with E-state index in [-0.39, 0.29) is 34.5 Å². The van der Waals surface area contributed by atoms with Crippen LogP contribution in [0, 0.1) is 17.5 Å². The Bertz CT molecular complexity index is 1970. The molecule has 250 valence electrons. The Balaban J connectivity index is 1.38. The molecule has 4 aromatic rings. The maximum Gasteiger partial charge on any atom is 0.327 e. The van der Waals surface area contributed by atoms with Crippen LogP contribution in [0.2, 0.25) is 5.02 Å². The van der Waals surface area contributed by atoms with Crippen molar-refractivity contribution in [1.82, 2.24) is 30.1 Å². The summed E-state index contributed by atoms with van der Waals surface area (Å²) in [5.41, 5.74) is 0.0912. The van der Waals surface area contributed by atoms with Gasteiger partial charge in [0, 0.05) is 47.7 Å². The standard InChI is InChI=1S/C31H26ClF5N8O3/c1-43(2)12-16-5-15(9-38-10-16)11-39-29(47)28-41-27(26-25(40-24(46)13-44(26)28)18-6-17(33)3-4-20(18)32)42-30(48)45-14-31(36,37)19-7-21(34)22(35)8-23(19)45/h3-10,25H,11-14H2,1-2H3,(H,39,47)(H,40,46)(H,42,48)/t25-/m0/s1. The molecular formula is C31H26ClF5N8O3. The molecule has 3 N–H and O–H groups in total. The van der Waals surface area contributed by atoms with Crippen LogP contribution in [-0.2, 0) is 30.4 Å². The lowest BCUT2D eigenvalue weighted by molar-refractivity contribution is -0.123. The quantitative estimate of drug-likeness (QED) is 0.242. The Hall–Kier alpha value is -5.09. The number of amides is 4. The van der Waals surface area contributed by atoms with Gasteiger partial charge in [0.25, 0.3) is 11.8 Å². The molecule has 17 heteroatoms. The molecular weight excluding hydrogens is 663 g/mol. The molecule has 2 aromatic heterocycles. The molecule has 48 heavy (non-hydrogen) atoms. The summed E-state index contributed by atoms with van der Waals surface area (Å²) in [6.45, 7) is -1.11. The molecule has 2 aromatic carbocycles. The van der Waals surface area contributed by atoms with Gasteiger partial charge >= 0.3 is 6.03 Å². The second-order valence-corrected chi connectivity index (χ2v) is 12.0. The molecule has 0 spiro atoms. The third-order valence-electron chi connectivity index (χ3n) is 7.71. The predicted octanol–water partition coefficient (Wildman–Crippen LogP) is 4.70. The van der Waals surface area contributed by atoms with Crippen LogP contribution in [0.1, 0.15) is 44.6 Å². The number of rotatable bonds is 7. The van der Waals surface area contributed by atoms with Crippen LogP contribution in [0.15, 0.2) is 48.8 Å². The number of hydrogen-bond acceptors (Lipinski definition) is 6. The summed E-state index contributed by atoms with van der Waals surface area (Å²) in [6.07, 6.45) is 3.24. The number of urea groups is 1. The van der Waals surface area contributed by atoms with Crippen molar-refractivity contribution in [3.05, 3.63) is 105 Å². The smallest absolute Gasteiger partial charge is 0.327 e. The van der Waals surface area contributed by atoms with Gasteiger partial charge < -0.3 is 20.1 Å². The molecule has 0 saturated carbocycles. The number of nitrogens with one attached hydrogen (secondary N) is 3. The molecule has 0 fully saturated rings. The van der Waals surface area contributed by atoms with Crippen LogP contribution in [0.4, 0.5) is 38.3 Å². The first-order chi connectivity index (χ1) is 22.7. The minimum absolute atomic E-state index is 0.00407. The number of nitrogens with zero attached hydrogens (tertiary/aromatic N) is 5. The topological polar surface area (TPSA) is 124 Å². The van der Waals surface area contributed by atoms with Gasteiger partial charge in [0.2, 0.25) is 11.7 Å². The van der Waals surface area contributed by atoms with E-state index in [0.717, 1.165) is 17.7 Å². The normalized spacial score (nSPS) is 16.4. The van der Waals surface area contributed by atoms with Crippen molar-refractivity contribution in [2.24, 2.45) is 0 Å². The Morgan fingerprint density at radius 2 is 1.81 bits per heavy atom. The third-order valence-corrected chi connectivity index (χ3v) is 8.06. The number of benzene rings is 2. The molecule has 1 atom stereocenters. The van der Waals surface area contributed by atoms with Gasteiger partial charge in [0.15, 0.2) is 17.5 Å². The number of alkyl halides is 2. The van der Waals surface area contributed by atoms with E-state index in [1.807, 2.05) is 25.1 Å². The van der Waals surface area contributed by atoms with Gasteiger partial charge in [-0.3, -0.25) is 24.8 Å². The molecule has 0 bridgehead atoms. The van der Waals surface area contributed by atoms with Crippen molar-refractivity contribution in [1.29, 1.82) is 0 Å². The van der Waals surface area contributed by atoms with Gasteiger partial charge in [-0.05, 0) is 55.6 Å². The molecule has 0 aliphatic carbocycles. The number of fused-ring (bicyclic) bond motifs is 2. The van der Waals surface area contributed by atoms with E-state index in [1.165, 1.54) is 10.6 Å². The summed E-state index contributed by atoms with van der Waals surface area (Å²) in [4.78, 5) is 50.9. The molecule has 0 unspecified atom stereocenters. The fourth-order valence-corrected chi connectivity index (χ4v) is 5.91. The number of imidazole rings is 1. The van der Waals surface area contributed by atoms with Gasteiger partial charge in [-0.1, -0.05) is 11.6 Å². The number of halogens is 6. The lowest BCUT2D eigenvalue weighted by Gasteiger charge is -2.28. The molecule has 2 aliphatic heterocycles. The zero-order valence-corrected chi connectivity index (χ0v) is 26.0. The predicted molar refractivity (Wildman–Crippen MR) is 163 cm³/mol. The zero-order valence-electron chi connectivity index (χ0n) is 25.3. The minimum Gasteiger partial charge on any atom is -0.345 e. The summed E-state index contributed by atoms with van der Waals surface area (Å²) in [7, 11) is 3.78. The van der Waals surface area contributed by atoms with Crippen LogP contribution >= 0.6 is 11.6 Å². The molecule has 0 radical (unpaired) electrons. The van der Waals surface area contributed by atoms with Crippen molar-refractivity contribution in [2.75, 3.05) is 30.9 Å². The van der Waals surface area contributed by atoms with Crippen molar-refractivity contribution in [3.63, 3.8) is 0 Å². The van der Waals surface area contributed by atoms with E-state index in [2.05, 4.69) is 25.9 Å². The number of carbonyl (C=O) groups is 3. The largest absolute Gasteiger partial charge is 0.345 e. The first-order valence-corrected chi connectivity index (χ1v) is 14.8. The van der Waals surface area contributed by atoms with Crippen LogP contribution < -0.4 is 20.9 Å². The second kappa shape index (κ2) is 12.5. The van der Waals surface area contributed by atoms with Crippen LogP contribution in [0.25, 0.3) is 0 Å². The van der Waals surface area contributed by atoms with Crippen LogP contribution in [0.3, 0.4) is 0 Å². The lowest BCUT2D eigenvalue weighted by atomic mass is 10.0. The summed E-state index contributed by atoms with van der Waals surface area (Å²) in [6, 6.07) is 3.53. The van der Waals surface area contributed by atoms with E-state index in [1.54, 1.807) is 12.4 Å². The van der Waals surface area contributed by atoms with E-state index >= 15 is 0 Å². The summed E-state index contributed by atoms with van der Waals surface area (Å²) in [5.74, 6) is -9.47.